The van der Waals surface area contributed by atoms with Gasteiger partial charge in [0.25, 0.3) is 0 Å². The van der Waals surface area contributed by atoms with Gasteiger partial charge < -0.3 is 20.3 Å². The number of aryl methyl sites for hydroxylation is 1. The van der Waals surface area contributed by atoms with Gasteiger partial charge in [-0.2, -0.15) is 0 Å². The molecule has 1 aliphatic rings. The molecule has 0 radical (unpaired) electrons. The molecule has 2 heterocycles. The molecule has 1 aliphatic heterocycles. The van der Waals surface area contributed by atoms with Crippen molar-refractivity contribution >= 4 is 11.9 Å². The van der Waals surface area contributed by atoms with E-state index in [1.165, 1.54) is 6.20 Å². The molecular weight excluding hydrogens is 250 g/mol. The largest absolute Gasteiger partial charge is 0.478 e. The van der Waals surface area contributed by atoms with E-state index in [1.807, 2.05) is 0 Å². The average Bonchev–Trinajstić information content (AvgIpc) is 2.37. The van der Waals surface area contributed by atoms with Crippen molar-refractivity contribution in [3.05, 3.63) is 17.5 Å². The molecule has 0 atom stereocenters. The first-order valence-electron chi connectivity index (χ1n) is 6.11. The van der Waals surface area contributed by atoms with Crippen molar-refractivity contribution in [2.45, 2.75) is 25.4 Å². The highest BCUT2D eigenvalue weighted by molar-refractivity contribution is 5.88. The molecule has 2 rings (SSSR count). The zero-order chi connectivity index (χ0) is 13.9. The van der Waals surface area contributed by atoms with Gasteiger partial charge in [-0.3, -0.25) is 0 Å². The van der Waals surface area contributed by atoms with E-state index in [9.17, 15) is 9.90 Å². The predicted molar refractivity (Wildman–Crippen MR) is 67.2 cm³/mol. The third-order valence-corrected chi connectivity index (χ3v) is 3.21. The molecule has 0 bridgehead atoms. The number of aliphatic hydroxyl groups is 1. The molecule has 0 aromatic carbocycles. The van der Waals surface area contributed by atoms with Gasteiger partial charge in [0.05, 0.1) is 16.9 Å². The molecule has 104 valence electrons. The molecular formula is C12H17N3O4. The number of aromatic carboxylic acids is 1. The molecule has 0 aliphatic carbocycles. The molecule has 1 aromatic rings. The molecule has 7 nitrogen and oxygen atoms in total. The summed E-state index contributed by atoms with van der Waals surface area (Å²) in [5, 5.41) is 22.1. The highest BCUT2D eigenvalue weighted by Crippen LogP contribution is 2.20. The minimum Gasteiger partial charge on any atom is -0.478 e. The summed E-state index contributed by atoms with van der Waals surface area (Å²) >= 11 is 0. The van der Waals surface area contributed by atoms with Gasteiger partial charge in [0.1, 0.15) is 0 Å². The van der Waals surface area contributed by atoms with Crippen LogP contribution in [0.2, 0.25) is 0 Å². The number of hydrogen-bond acceptors (Lipinski definition) is 6. The third-order valence-electron chi connectivity index (χ3n) is 3.21. The number of carboxylic acids is 1. The maximum atomic E-state index is 10.8. The lowest BCUT2D eigenvalue weighted by Crippen LogP contribution is -2.42. The number of nitrogens with one attached hydrogen (secondary N) is 1. The van der Waals surface area contributed by atoms with Gasteiger partial charge in [-0.05, 0) is 6.92 Å². The van der Waals surface area contributed by atoms with E-state index in [1.54, 1.807) is 6.92 Å². The molecule has 1 saturated heterocycles. The fraction of sp³-hybridized carbons (Fsp3) is 0.583. The second-order valence-electron chi connectivity index (χ2n) is 4.69. The van der Waals surface area contributed by atoms with E-state index in [2.05, 4.69) is 15.3 Å². The Hall–Kier alpha value is -1.73. The number of carboxylic acid groups (broad SMARTS) is 1. The van der Waals surface area contributed by atoms with Crippen LogP contribution < -0.4 is 5.32 Å². The number of aromatic nitrogens is 2. The smallest absolute Gasteiger partial charge is 0.339 e. The van der Waals surface area contributed by atoms with Crippen molar-refractivity contribution in [2.24, 2.45) is 0 Å². The van der Waals surface area contributed by atoms with E-state index in [-0.39, 0.29) is 5.56 Å². The molecule has 0 amide bonds. The van der Waals surface area contributed by atoms with Crippen molar-refractivity contribution in [2.75, 3.05) is 25.1 Å². The highest BCUT2D eigenvalue weighted by atomic mass is 16.5. The second kappa shape index (κ2) is 5.50. The normalized spacial score (nSPS) is 18.0. The first-order chi connectivity index (χ1) is 9.00. The van der Waals surface area contributed by atoms with Crippen LogP contribution >= 0.6 is 0 Å². The van der Waals surface area contributed by atoms with Gasteiger partial charge >= 0.3 is 5.97 Å². The fourth-order valence-electron chi connectivity index (χ4n) is 1.93. The molecule has 7 heteroatoms. The Morgan fingerprint density at radius 1 is 1.53 bits per heavy atom. The fourth-order valence-corrected chi connectivity index (χ4v) is 1.93. The summed E-state index contributed by atoms with van der Waals surface area (Å²) in [5.41, 5.74) is -0.347. The Bertz CT molecular complexity index is 472. The van der Waals surface area contributed by atoms with E-state index >= 15 is 0 Å². The quantitative estimate of drug-likeness (QED) is 0.726. The molecule has 3 N–H and O–H groups in total. The summed E-state index contributed by atoms with van der Waals surface area (Å²) in [6.45, 7) is 3.01. The van der Waals surface area contributed by atoms with Crippen molar-refractivity contribution in [3.63, 3.8) is 0 Å². The Morgan fingerprint density at radius 3 is 2.79 bits per heavy atom. The van der Waals surface area contributed by atoms with Crippen LogP contribution in [0.5, 0.6) is 0 Å². The number of ether oxygens (including phenoxy) is 1. The Kier molecular flexibility index (Phi) is 3.96. The zero-order valence-electron chi connectivity index (χ0n) is 10.7. The molecule has 1 fully saturated rings. The molecule has 0 saturated carbocycles. The lowest BCUT2D eigenvalue weighted by atomic mass is 9.94. The second-order valence-corrected chi connectivity index (χ2v) is 4.69. The van der Waals surface area contributed by atoms with Gasteiger partial charge in [-0.25, -0.2) is 14.8 Å². The van der Waals surface area contributed by atoms with Gasteiger partial charge in [0.15, 0.2) is 0 Å². The number of hydrogen-bond donors (Lipinski definition) is 3. The van der Waals surface area contributed by atoms with Crippen LogP contribution in [0.15, 0.2) is 6.20 Å². The summed E-state index contributed by atoms with van der Waals surface area (Å²) in [7, 11) is 0. The van der Waals surface area contributed by atoms with E-state index in [0.717, 1.165) is 0 Å². The van der Waals surface area contributed by atoms with E-state index in [0.29, 0.717) is 44.2 Å². The number of nitrogens with zero attached hydrogens (tertiary/aromatic N) is 2. The number of rotatable bonds is 4. The Labute approximate surface area is 110 Å². The monoisotopic (exact) mass is 267 g/mol. The average molecular weight is 267 g/mol. The summed E-state index contributed by atoms with van der Waals surface area (Å²) in [4.78, 5) is 18.8. The van der Waals surface area contributed by atoms with Gasteiger partial charge in [-0.15, -0.1) is 0 Å². The maximum Gasteiger partial charge on any atom is 0.339 e. The maximum absolute atomic E-state index is 10.8. The highest BCUT2D eigenvalue weighted by Gasteiger charge is 2.29. The molecule has 19 heavy (non-hydrogen) atoms. The van der Waals surface area contributed by atoms with Crippen molar-refractivity contribution in [1.29, 1.82) is 0 Å². The molecule has 0 spiro atoms. The summed E-state index contributed by atoms with van der Waals surface area (Å²) < 4.78 is 5.19. The Morgan fingerprint density at radius 2 is 2.21 bits per heavy atom. The first-order valence-corrected chi connectivity index (χ1v) is 6.11. The standard InChI is InChI=1S/C12H17N3O4/c1-8-9(10(16)17)6-13-11(15-8)14-7-12(18)2-4-19-5-3-12/h6,18H,2-5,7H2,1H3,(H,16,17)(H,13,14,15). The van der Waals surface area contributed by atoms with Crippen molar-refractivity contribution in [1.82, 2.24) is 9.97 Å². The van der Waals surface area contributed by atoms with Crippen LogP contribution in [0.3, 0.4) is 0 Å². The lowest BCUT2D eigenvalue weighted by molar-refractivity contribution is -0.0544. The topological polar surface area (TPSA) is 105 Å². The molecule has 0 unspecified atom stereocenters. The van der Waals surface area contributed by atoms with Crippen molar-refractivity contribution in [3.8, 4) is 0 Å². The minimum atomic E-state index is -1.05. The van der Waals surface area contributed by atoms with Crippen LogP contribution in [0.25, 0.3) is 0 Å². The van der Waals surface area contributed by atoms with Crippen LogP contribution in [0, 0.1) is 6.92 Å². The summed E-state index contributed by atoms with van der Waals surface area (Å²) in [6.07, 6.45) is 2.39. The predicted octanol–water partition coefficient (Wildman–Crippen LogP) is 0.437. The molecule has 1 aromatic heterocycles. The summed E-state index contributed by atoms with van der Waals surface area (Å²) in [6, 6.07) is 0. The van der Waals surface area contributed by atoms with Crippen LogP contribution in [-0.4, -0.2) is 51.5 Å². The third kappa shape index (κ3) is 3.39. The van der Waals surface area contributed by atoms with Gasteiger partial charge in [0.2, 0.25) is 5.95 Å². The van der Waals surface area contributed by atoms with E-state index < -0.39 is 11.6 Å². The lowest BCUT2D eigenvalue weighted by Gasteiger charge is -2.32. The minimum absolute atomic E-state index is 0.0790. The number of anilines is 1. The van der Waals surface area contributed by atoms with Gasteiger partial charge in [0, 0.05) is 38.8 Å². The number of carbonyl (C=O) groups is 1. The van der Waals surface area contributed by atoms with Crippen molar-refractivity contribution < 1.29 is 19.7 Å². The van der Waals surface area contributed by atoms with Crippen LogP contribution in [0.4, 0.5) is 5.95 Å². The first kappa shape index (κ1) is 13.7. The zero-order valence-corrected chi connectivity index (χ0v) is 10.7. The van der Waals surface area contributed by atoms with E-state index in [4.69, 9.17) is 9.84 Å². The van der Waals surface area contributed by atoms with Crippen LogP contribution in [-0.2, 0) is 4.74 Å². The Balaban J connectivity index is 2.00. The summed E-state index contributed by atoms with van der Waals surface area (Å²) in [5.74, 6) is -0.727. The van der Waals surface area contributed by atoms with Crippen LogP contribution in [0.1, 0.15) is 28.9 Å². The van der Waals surface area contributed by atoms with Gasteiger partial charge in [-0.1, -0.05) is 0 Å². The SMILES string of the molecule is Cc1nc(NCC2(O)CCOCC2)ncc1C(=O)O.